The lowest BCUT2D eigenvalue weighted by atomic mass is 9.81. The van der Waals surface area contributed by atoms with E-state index in [0.29, 0.717) is 45.5 Å². The van der Waals surface area contributed by atoms with Gasteiger partial charge in [0.2, 0.25) is 0 Å². The number of hydrogen-bond donors (Lipinski definition) is 1. The summed E-state index contributed by atoms with van der Waals surface area (Å²) in [7, 11) is 0. The molecule has 1 aliphatic heterocycles. The Kier molecular flexibility index (Phi) is 3.19. The minimum absolute atomic E-state index is 0.291. The Hall–Kier alpha value is -0.650. The summed E-state index contributed by atoms with van der Waals surface area (Å²) in [5.74, 6) is -1.08. The largest absolute Gasteiger partial charge is 0.464 e. The van der Waals surface area contributed by atoms with E-state index >= 15 is 0 Å². The maximum atomic E-state index is 11.6. The first-order valence-electron chi connectivity index (χ1n) is 5.78. The van der Waals surface area contributed by atoms with Crippen molar-refractivity contribution in [2.24, 2.45) is 0 Å². The monoisotopic (exact) mass is 230 g/mol. The van der Waals surface area contributed by atoms with Crippen LogP contribution in [0.5, 0.6) is 0 Å². The van der Waals surface area contributed by atoms with E-state index in [-0.39, 0.29) is 0 Å². The summed E-state index contributed by atoms with van der Waals surface area (Å²) in [6.45, 7) is 3.21. The molecule has 1 heterocycles. The van der Waals surface area contributed by atoms with Gasteiger partial charge in [-0.1, -0.05) is 0 Å². The Labute approximate surface area is 94.7 Å². The van der Waals surface area contributed by atoms with Gasteiger partial charge in [-0.05, 0) is 19.8 Å². The Bertz CT molecular complexity index is 260. The number of carbonyl (C=O) groups is 1. The number of rotatable bonds is 2. The molecule has 0 atom stereocenters. The van der Waals surface area contributed by atoms with Gasteiger partial charge in [0.15, 0.2) is 11.4 Å². The van der Waals surface area contributed by atoms with Crippen LogP contribution in [0.25, 0.3) is 0 Å². The number of ether oxygens (including phenoxy) is 3. The van der Waals surface area contributed by atoms with Crippen LogP contribution >= 0.6 is 0 Å². The van der Waals surface area contributed by atoms with E-state index in [9.17, 15) is 9.90 Å². The molecular formula is C11H18O5. The van der Waals surface area contributed by atoms with Gasteiger partial charge < -0.3 is 19.3 Å². The molecule has 1 saturated heterocycles. The van der Waals surface area contributed by atoms with E-state index in [0.717, 1.165) is 0 Å². The lowest BCUT2D eigenvalue weighted by Gasteiger charge is -2.38. The second-order valence-electron chi connectivity index (χ2n) is 4.36. The third kappa shape index (κ3) is 2.07. The second-order valence-corrected chi connectivity index (χ2v) is 4.36. The molecule has 92 valence electrons. The molecule has 0 aromatic rings. The lowest BCUT2D eigenvalue weighted by Crippen LogP contribution is -2.49. The highest BCUT2D eigenvalue weighted by molar-refractivity contribution is 5.79. The molecule has 1 aliphatic carbocycles. The molecule has 1 N–H and O–H groups in total. The maximum absolute atomic E-state index is 11.6. The molecule has 16 heavy (non-hydrogen) atoms. The van der Waals surface area contributed by atoms with E-state index in [1.54, 1.807) is 6.92 Å². The topological polar surface area (TPSA) is 65.0 Å². The minimum Gasteiger partial charge on any atom is -0.464 e. The molecule has 2 fully saturated rings. The molecule has 5 heteroatoms. The van der Waals surface area contributed by atoms with E-state index in [1.165, 1.54) is 0 Å². The van der Waals surface area contributed by atoms with Crippen LogP contribution in [0.3, 0.4) is 0 Å². The fraction of sp³-hybridized carbons (Fsp3) is 0.909. The van der Waals surface area contributed by atoms with Gasteiger partial charge in [-0.3, -0.25) is 0 Å². The summed E-state index contributed by atoms with van der Waals surface area (Å²) >= 11 is 0. The summed E-state index contributed by atoms with van der Waals surface area (Å²) < 4.78 is 15.9. The first-order valence-corrected chi connectivity index (χ1v) is 5.78. The van der Waals surface area contributed by atoms with Gasteiger partial charge in [0.25, 0.3) is 0 Å². The van der Waals surface area contributed by atoms with Gasteiger partial charge >= 0.3 is 5.97 Å². The number of hydrogen-bond acceptors (Lipinski definition) is 5. The maximum Gasteiger partial charge on any atom is 0.338 e. The second kappa shape index (κ2) is 4.31. The molecule has 0 aromatic heterocycles. The molecular weight excluding hydrogens is 212 g/mol. The Balaban J connectivity index is 1.95. The summed E-state index contributed by atoms with van der Waals surface area (Å²) in [6, 6.07) is 0. The highest BCUT2D eigenvalue weighted by Crippen LogP contribution is 2.40. The zero-order valence-corrected chi connectivity index (χ0v) is 9.53. The van der Waals surface area contributed by atoms with Crippen molar-refractivity contribution in [3.05, 3.63) is 0 Å². The fourth-order valence-corrected chi connectivity index (χ4v) is 2.30. The predicted molar refractivity (Wildman–Crippen MR) is 54.7 cm³/mol. The Morgan fingerprint density at radius 1 is 1.25 bits per heavy atom. The average Bonchev–Trinajstić information content (AvgIpc) is 2.73. The summed E-state index contributed by atoms with van der Waals surface area (Å²) in [4.78, 5) is 11.6. The van der Waals surface area contributed by atoms with Crippen LogP contribution in [0, 0.1) is 0 Å². The first kappa shape index (κ1) is 11.8. The quantitative estimate of drug-likeness (QED) is 0.704. The number of carbonyl (C=O) groups excluding carboxylic acids is 1. The third-order valence-corrected chi connectivity index (χ3v) is 3.31. The normalized spacial score (nSPS) is 26.9. The molecule has 0 amide bonds. The van der Waals surface area contributed by atoms with Crippen LogP contribution in [0.15, 0.2) is 0 Å². The van der Waals surface area contributed by atoms with Gasteiger partial charge in [0.05, 0.1) is 19.8 Å². The van der Waals surface area contributed by atoms with Crippen molar-refractivity contribution < 1.29 is 24.1 Å². The minimum atomic E-state index is -1.35. The van der Waals surface area contributed by atoms with Crippen molar-refractivity contribution in [3.8, 4) is 0 Å². The van der Waals surface area contributed by atoms with Crippen molar-refractivity contribution in [1.29, 1.82) is 0 Å². The summed E-state index contributed by atoms with van der Waals surface area (Å²) in [5, 5.41) is 10.1. The first-order chi connectivity index (χ1) is 7.60. The SMILES string of the molecule is CCOC(=O)C1(O)CCC2(CC1)OCCO2. The predicted octanol–water partition coefficient (Wildman–Crippen LogP) is 0.598. The fourth-order valence-electron chi connectivity index (χ4n) is 2.30. The summed E-state index contributed by atoms with van der Waals surface area (Å²) in [6.07, 6.45) is 1.77. The number of aliphatic hydroxyl groups is 1. The van der Waals surface area contributed by atoms with Crippen molar-refractivity contribution in [2.45, 2.75) is 44.0 Å². The molecule has 1 spiro atoms. The molecule has 2 rings (SSSR count). The van der Waals surface area contributed by atoms with Crippen LogP contribution in [0.4, 0.5) is 0 Å². The zero-order valence-electron chi connectivity index (χ0n) is 9.53. The van der Waals surface area contributed by atoms with Crippen molar-refractivity contribution in [2.75, 3.05) is 19.8 Å². The van der Waals surface area contributed by atoms with Gasteiger partial charge in [0.1, 0.15) is 0 Å². The van der Waals surface area contributed by atoms with Crippen molar-refractivity contribution >= 4 is 5.97 Å². The highest BCUT2D eigenvalue weighted by atomic mass is 16.7. The van der Waals surface area contributed by atoms with Crippen LogP contribution in [0.1, 0.15) is 32.6 Å². The molecule has 5 nitrogen and oxygen atoms in total. The molecule has 0 unspecified atom stereocenters. The van der Waals surface area contributed by atoms with E-state index in [2.05, 4.69) is 0 Å². The van der Waals surface area contributed by atoms with Gasteiger partial charge in [0, 0.05) is 12.8 Å². The summed E-state index contributed by atoms with van der Waals surface area (Å²) in [5.41, 5.74) is -1.35. The van der Waals surface area contributed by atoms with Crippen molar-refractivity contribution in [3.63, 3.8) is 0 Å². The van der Waals surface area contributed by atoms with Crippen LogP contribution in [-0.4, -0.2) is 42.3 Å². The van der Waals surface area contributed by atoms with Crippen LogP contribution in [-0.2, 0) is 19.0 Å². The zero-order chi connectivity index (χ0) is 11.6. The van der Waals surface area contributed by atoms with Gasteiger partial charge in [-0.2, -0.15) is 0 Å². The van der Waals surface area contributed by atoms with E-state index in [1.807, 2.05) is 0 Å². The van der Waals surface area contributed by atoms with E-state index < -0.39 is 17.4 Å². The molecule has 0 aromatic carbocycles. The van der Waals surface area contributed by atoms with Crippen LogP contribution in [0.2, 0.25) is 0 Å². The molecule has 0 radical (unpaired) electrons. The van der Waals surface area contributed by atoms with Gasteiger partial charge in [-0.25, -0.2) is 4.79 Å². The molecule has 0 bridgehead atoms. The van der Waals surface area contributed by atoms with Crippen molar-refractivity contribution in [1.82, 2.24) is 0 Å². The third-order valence-electron chi connectivity index (χ3n) is 3.31. The molecule has 2 aliphatic rings. The lowest BCUT2D eigenvalue weighted by molar-refractivity contribution is -0.211. The Morgan fingerprint density at radius 3 is 2.31 bits per heavy atom. The standard InChI is InChI=1S/C11H18O5/c1-2-14-9(12)10(13)3-5-11(6-4-10)15-7-8-16-11/h13H,2-8H2,1H3. The van der Waals surface area contributed by atoms with E-state index in [4.69, 9.17) is 14.2 Å². The smallest absolute Gasteiger partial charge is 0.338 e. The Morgan fingerprint density at radius 2 is 1.81 bits per heavy atom. The molecule has 1 saturated carbocycles. The van der Waals surface area contributed by atoms with Crippen LogP contribution < -0.4 is 0 Å². The number of esters is 1. The average molecular weight is 230 g/mol. The van der Waals surface area contributed by atoms with Gasteiger partial charge in [-0.15, -0.1) is 0 Å². The highest BCUT2D eigenvalue weighted by Gasteiger charge is 2.49.